The predicted octanol–water partition coefficient (Wildman–Crippen LogP) is 3.42. The number of anilines is 1. The van der Waals surface area contributed by atoms with Crippen LogP contribution in [0.4, 0.5) is 18.9 Å². The van der Waals surface area contributed by atoms with Crippen molar-refractivity contribution in [1.82, 2.24) is 4.90 Å². The van der Waals surface area contributed by atoms with Crippen LogP contribution in [0.3, 0.4) is 0 Å². The number of amides is 1. The summed E-state index contributed by atoms with van der Waals surface area (Å²) in [6.45, 7) is 0.113. The van der Waals surface area contributed by atoms with Gasteiger partial charge >= 0.3 is 6.18 Å². The molecule has 124 valence electrons. The van der Waals surface area contributed by atoms with Crippen molar-refractivity contribution in [2.24, 2.45) is 5.92 Å². The lowest BCUT2D eigenvalue weighted by atomic mass is 9.97. The average molecular weight is 346 g/mol. The van der Waals surface area contributed by atoms with Gasteiger partial charge in [0.05, 0.1) is 23.7 Å². The Labute approximate surface area is 136 Å². The van der Waals surface area contributed by atoms with Gasteiger partial charge in [-0.05, 0) is 37.6 Å². The van der Waals surface area contributed by atoms with Crippen molar-refractivity contribution in [3.63, 3.8) is 0 Å². The van der Waals surface area contributed by atoms with E-state index in [2.05, 4.69) is 5.32 Å². The zero-order valence-electron chi connectivity index (χ0n) is 12.2. The molecule has 4 nitrogen and oxygen atoms in total. The highest BCUT2D eigenvalue weighted by Crippen LogP contribution is 2.33. The third kappa shape index (κ3) is 4.85. The van der Waals surface area contributed by atoms with Crippen LogP contribution in [-0.2, 0) is 4.79 Å². The topological polar surface area (TPSA) is 56.1 Å². The molecule has 0 spiro atoms. The van der Waals surface area contributed by atoms with Crippen LogP contribution < -0.4 is 5.32 Å². The molecule has 0 aliphatic carbocycles. The smallest absolute Gasteiger partial charge is 0.324 e. The second-order valence-electron chi connectivity index (χ2n) is 5.47. The van der Waals surface area contributed by atoms with Crippen molar-refractivity contribution in [2.75, 3.05) is 25.0 Å². The van der Waals surface area contributed by atoms with Crippen LogP contribution in [0.1, 0.15) is 18.4 Å². The number of benzene rings is 1. The minimum Gasteiger partial charge on any atom is -0.324 e. The van der Waals surface area contributed by atoms with Crippen LogP contribution in [-0.4, -0.2) is 36.6 Å². The first-order chi connectivity index (χ1) is 10.8. The SMILES string of the molecule is N#Cc1ccc(Cl)cc1NC(=O)CN1CCC[C@H](C(F)(F)F)C1. The molecule has 0 radical (unpaired) electrons. The molecular formula is C15H15ClF3N3O. The minimum atomic E-state index is -4.24. The number of nitrogens with one attached hydrogen (secondary N) is 1. The molecule has 1 aromatic rings. The van der Waals surface area contributed by atoms with Crippen molar-refractivity contribution >= 4 is 23.2 Å². The zero-order valence-corrected chi connectivity index (χ0v) is 12.9. The van der Waals surface area contributed by atoms with Gasteiger partial charge in [-0.2, -0.15) is 18.4 Å². The number of nitriles is 1. The Morgan fingerprint density at radius 2 is 2.22 bits per heavy atom. The number of hydrogen-bond donors (Lipinski definition) is 1. The van der Waals surface area contributed by atoms with Gasteiger partial charge in [0.1, 0.15) is 6.07 Å². The third-order valence-electron chi connectivity index (χ3n) is 3.71. The van der Waals surface area contributed by atoms with Gasteiger partial charge in [-0.1, -0.05) is 11.6 Å². The van der Waals surface area contributed by atoms with E-state index < -0.39 is 18.0 Å². The van der Waals surface area contributed by atoms with Crippen molar-refractivity contribution in [3.8, 4) is 6.07 Å². The maximum atomic E-state index is 12.8. The lowest BCUT2D eigenvalue weighted by molar-refractivity contribution is -0.186. The van der Waals surface area contributed by atoms with Crippen LogP contribution >= 0.6 is 11.6 Å². The van der Waals surface area contributed by atoms with Crippen molar-refractivity contribution < 1.29 is 18.0 Å². The molecule has 0 saturated carbocycles. The monoisotopic (exact) mass is 345 g/mol. The second kappa shape index (κ2) is 7.20. The molecule has 1 amide bonds. The highest BCUT2D eigenvalue weighted by atomic mass is 35.5. The first kappa shape index (κ1) is 17.6. The fraction of sp³-hybridized carbons (Fsp3) is 0.467. The van der Waals surface area contributed by atoms with Crippen LogP contribution in [0.5, 0.6) is 0 Å². The summed E-state index contributed by atoms with van der Waals surface area (Å²) in [5.74, 6) is -1.86. The molecule has 1 fully saturated rings. The summed E-state index contributed by atoms with van der Waals surface area (Å²) in [4.78, 5) is 13.5. The number of nitrogens with zero attached hydrogens (tertiary/aromatic N) is 2. The molecule has 1 saturated heterocycles. The number of carbonyl (C=O) groups is 1. The minimum absolute atomic E-state index is 0.0918. The maximum Gasteiger partial charge on any atom is 0.393 e. The lowest BCUT2D eigenvalue weighted by Gasteiger charge is -2.33. The summed E-state index contributed by atoms with van der Waals surface area (Å²) in [6, 6.07) is 6.35. The molecule has 1 atom stereocenters. The van der Waals surface area contributed by atoms with E-state index in [0.717, 1.165) is 0 Å². The van der Waals surface area contributed by atoms with E-state index in [0.29, 0.717) is 18.0 Å². The summed E-state index contributed by atoms with van der Waals surface area (Å²) in [7, 11) is 0. The summed E-state index contributed by atoms with van der Waals surface area (Å²) in [5.41, 5.74) is 0.504. The van der Waals surface area contributed by atoms with Gasteiger partial charge in [-0.15, -0.1) is 0 Å². The number of likely N-dealkylation sites (tertiary alicyclic amines) is 1. The second-order valence-corrected chi connectivity index (χ2v) is 5.90. The number of hydrogen-bond acceptors (Lipinski definition) is 3. The predicted molar refractivity (Wildman–Crippen MR) is 80.0 cm³/mol. The molecule has 1 aromatic carbocycles. The molecule has 0 unspecified atom stereocenters. The molecule has 0 aromatic heterocycles. The number of rotatable bonds is 3. The van der Waals surface area contributed by atoms with E-state index in [9.17, 15) is 18.0 Å². The van der Waals surface area contributed by atoms with E-state index in [4.69, 9.17) is 16.9 Å². The Morgan fingerprint density at radius 3 is 2.87 bits per heavy atom. The van der Waals surface area contributed by atoms with E-state index in [1.807, 2.05) is 6.07 Å². The summed E-state index contributed by atoms with van der Waals surface area (Å²) in [5, 5.41) is 11.9. The summed E-state index contributed by atoms with van der Waals surface area (Å²) in [6.07, 6.45) is -3.75. The Balaban J connectivity index is 1.98. The van der Waals surface area contributed by atoms with E-state index in [1.54, 1.807) is 0 Å². The molecule has 1 heterocycles. The third-order valence-corrected chi connectivity index (χ3v) is 3.95. The molecule has 1 aliphatic heterocycles. The highest BCUT2D eigenvalue weighted by Gasteiger charge is 2.41. The number of halogens is 4. The Kier molecular flexibility index (Phi) is 5.50. The molecule has 8 heteroatoms. The number of carbonyl (C=O) groups excluding carboxylic acids is 1. The first-order valence-corrected chi connectivity index (χ1v) is 7.46. The van der Waals surface area contributed by atoms with Crippen molar-refractivity contribution in [1.29, 1.82) is 5.26 Å². The summed E-state index contributed by atoms with van der Waals surface area (Å²) >= 11 is 5.82. The zero-order chi connectivity index (χ0) is 17.0. The van der Waals surface area contributed by atoms with Crippen molar-refractivity contribution in [3.05, 3.63) is 28.8 Å². The van der Waals surface area contributed by atoms with E-state index in [1.165, 1.54) is 23.1 Å². The molecule has 1 aliphatic rings. The van der Waals surface area contributed by atoms with Crippen molar-refractivity contribution in [2.45, 2.75) is 19.0 Å². The van der Waals surface area contributed by atoms with Gasteiger partial charge in [-0.3, -0.25) is 9.69 Å². The quantitative estimate of drug-likeness (QED) is 0.913. The molecule has 2 rings (SSSR count). The largest absolute Gasteiger partial charge is 0.393 e. The first-order valence-electron chi connectivity index (χ1n) is 7.08. The van der Waals surface area contributed by atoms with Crippen LogP contribution in [0.25, 0.3) is 0 Å². The van der Waals surface area contributed by atoms with Crippen LogP contribution in [0.2, 0.25) is 5.02 Å². The molecule has 1 N–H and O–H groups in total. The highest BCUT2D eigenvalue weighted by molar-refractivity contribution is 6.31. The van der Waals surface area contributed by atoms with E-state index in [-0.39, 0.29) is 30.8 Å². The maximum absolute atomic E-state index is 12.8. The fourth-order valence-corrected chi connectivity index (χ4v) is 2.75. The van der Waals surface area contributed by atoms with Gasteiger partial charge in [-0.25, -0.2) is 0 Å². The lowest BCUT2D eigenvalue weighted by Crippen LogP contribution is -2.44. The van der Waals surface area contributed by atoms with Gasteiger partial charge in [0, 0.05) is 11.6 Å². The Bertz CT molecular complexity index is 627. The van der Waals surface area contributed by atoms with Gasteiger partial charge in [0.15, 0.2) is 0 Å². The molecular weight excluding hydrogens is 331 g/mol. The normalized spacial score (nSPS) is 19.2. The Hall–Kier alpha value is -1.78. The summed E-state index contributed by atoms with van der Waals surface area (Å²) < 4.78 is 38.3. The average Bonchev–Trinajstić information content (AvgIpc) is 2.46. The standard InChI is InChI=1S/C15H15ClF3N3O/c16-12-4-3-10(7-20)13(6-12)21-14(23)9-22-5-1-2-11(8-22)15(17,18)19/h3-4,6,11H,1-2,5,8-9H2,(H,21,23)/t11-/m0/s1. The van der Waals surface area contributed by atoms with Gasteiger partial charge in [0.2, 0.25) is 5.91 Å². The van der Waals surface area contributed by atoms with Gasteiger partial charge < -0.3 is 5.32 Å². The fourth-order valence-electron chi connectivity index (χ4n) is 2.58. The van der Waals surface area contributed by atoms with E-state index >= 15 is 0 Å². The number of piperidine rings is 1. The van der Waals surface area contributed by atoms with Crippen LogP contribution in [0, 0.1) is 17.2 Å². The molecule has 23 heavy (non-hydrogen) atoms. The molecule has 0 bridgehead atoms. The number of alkyl halides is 3. The van der Waals surface area contributed by atoms with Crippen LogP contribution in [0.15, 0.2) is 18.2 Å². The van der Waals surface area contributed by atoms with Gasteiger partial charge in [0.25, 0.3) is 0 Å². The Morgan fingerprint density at radius 1 is 1.48 bits per heavy atom.